The molecular weight excluding hydrogens is 284 g/mol. The highest BCUT2D eigenvalue weighted by atomic mass is 19.3. The number of nitrogens with one attached hydrogen (secondary N) is 1. The van der Waals surface area contributed by atoms with Gasteiger partial charge in [-0.3, -0.25) is 9.59 Å². The largest absolute Gasteiger partial charge is 0.481 e. The second-order valence-corrected chi connectivity index (χ2v) is 4.54. The Morgan fingerprint density at radius 2 is 2.10 bits per heavy atom. The van der Waals surface area contributed by atoms with Crippen molar-refractivity contribution < 1.29 is 28.2 Å². The maximum Gasteiger partial charge on any atom is 0.387 e. The van der Waals surface area contributed by atoms with Crippen molar-refractivity contribution in [2.24, 2.45) is 5.92 Å². The topological polar surface area (TPSA) is 75.6 Å². The number of carboxylic acids is 1. The van der Waals surface area contributed by atoms with E-state index >= 15 is 0 Å². The van der Waals surface area contributed by atoms with E-state index in [9.17, 15) is 18.4 Å². The molecule has 1 amide bonds. The van der Waals surface area contributed by atoms with Crippen molar-refractivity contribution >= 4 is 11.9 Å². The van der Waals surface area contributed by atoms with Crippen LogP contribution in [0.1, 0.15) is 30.1 Å². The minimum atomic E-state index is -2.94. The van der Waals surface area contributed by atoms with Gasteiger partial charge in [-0.1, -0.05) is 13.0 Å². The van der Waals surface area contributed by atoms with Crippen molar-refractivity contribution in [3.8, 4) is 5.75 Å². The van der Waals surface area contributed by atoms with Gasteiger partial charge in [0.15, 0.2) is 0 Å². The molecular formula is C14H17F2NO4. The minimum Gasteiger partial charge on any atom is -0.481 e. The lowest BCUT2D eigenvalue weighted by Crippen LogP contribution is -2.25. The zero-order valence-electron chi connectivity index (χ0n) is 11.5. The summed E-state index contributed by atoms with van der Waals surface area (Å²) < 4.78 is 28.4. The fraction of sp³-hybridized carbons (Fsp3) is 0.429. The summed E-state index contributed by atoms with van der Waals surface area (Å²) >= 11 is 0. The maximum atomic E-state index is 12.1. The summed E-state index contributed by atoms with van der Waals surface area (Å²) in [6.07, 6.45) is 0.969. The zero-order chi connectivity index (χ0) is 15.8. The Morgan fingerprint density at radius 1 is 1.38 bits per heavy atom. The van der Waals surface area contributed by atoms with Crippen molar-refractivity contribution in [2.45, 2.75) is 26.4 Å². The summed E-state index contributed by atoms with van der Waals surface area (Å²) in [5.74, 6) is -1.85. The smallest absolute Gasteiger partial charge is 0.387 e. The molecule has 0 fully saturated rings. The van der Waals surface area contributed by atoms with Crippen LogP contribution in [0.2, 0.25) is 0 Å². The molecule has 0 spiro atoms. The molecule has 5 nitrogen and oxygen atoms in total. The molecule has 0 bridgehead atoms. The number of ether oxygens (including phenoxy) is 1. The van der Waals surface area contributed by atoms with Gasteiger partial charge in [0.1, 0.15) is 5.75 Å². The van der Waals surface area contributed by atoms with Gasteiger partial charge in [-0.2, -0.15) is 8.78 Å². The van der Waals surface area contributed by atoms with Crippen LogP contribution in [0.25, 0.3) is 0 Å². The van der Waals surface area contributed by atoms with Gasteiger partial charge in [0.2, 0.25) is 0 Å². The van der Waals surface area contributed by atoms with Crippen LogP contribution in [-0.4, -0.2) is 30.1 Å². The van der Waals surface area contributed by atoms with E-state index in [0.29, 0.717) is 19.4 Å². The molecule has 0 heterocycles. The monoisotopic (exact) mass is 301 g/mol. The highest BCUT2D eigenvalue weighted by molar-refractivity contribution is 5.94. The third kappa shape index (κ3) is 6.20. The standard InChI is InChI=1S/C14H17F2NO4/c1-9(13(19)20)4-3-7-17-12(18)10-5-2-6-11(8-10)21-14(15)16/h2,5-6,8-9,14H,3-4,7H2,1H3,(H,17,18)(H,19,20). The number of rotatable bonds is 8. The van der Waals surface area contributed by atoms with Crippen LogP contribution in [0.4, 0.5) is 8.78 Å². The highest BCUT2D eigenvalue weighted by Crippen LogP contribution is 2.15. The minimum absolute atomic E-state index is 0.0860. The van der Waals surface area contributed by atoms with Gasteiger partial charge >= 0.3 is 12.6 Å². The maximum absolute atomic E-state index is 12.1. The quantitative estimate of drug-likeness (QED) is 0.723. The number of aliphatic carboxylic acids is 1. The lowest BCUT2D eigenvalue weighted by Gasteiger charge is -2.09. The van der Waals surface area contributed by atoms with E-state index in [1.54, 1.807) is 6.92 Å². The fourth-order valence-electron chi connectivity index (χ4n) is 1.65. The summed E-state index contributed by atoms with van der Waals surface area (Å²) in [5.41, 5.74) is 0.208. The number of carbonyl (C=O) groups excluding carboxylic acids is 1. The first kappa shape index (κ1) is 16.9. The summed E-state index contributed by atoms with van der Waals surface area (Å²) in [6.45, 7) is -1.04. The van der Waals surface area contributed by atoms with Crippen LogP contribution in [0.15, 0.2) is 24.3 Å². The van der Waals surface area contributed by atoms with Crippen LogP contribution >= 0.6 is 0 Å². The SMILES string of the molecule is CC(CCCNC(=O)c1cccc(OC(F)F)c1)C(=O)O. The molecule has 116 valence electrons. The number of hydrogen-bond acceptors (Lipinski definition) is 3. The first-order valence-corrected chi connectivity index (χ1v) is 6.46. The number of alkyl halides is 2. The molecule has 0 aliphatic rings. The molecule has 0 aromatic heterocycles. The van der Waals surface area contributed by atoms with Gasteiger partial charge in [0, 0.05) is 12.1 Å². The van der Waals surface area contributed by atoms with Crippen LogP contribution in [0, 0.1) is 5.92 Å². The van der Waals surface area contributed by atoms with Crippen LogP contribution in [0.5, 0.6) is 5.75 Å². The molecule has 1 atom stereocenters. The predicted octanol–water partition coefficient (Wildman–Crippen LogP) is 2.52. The summed E-state index contributed by atoms with van der Waals surface area (Å²) in [4.78, 5) is 22.4. The van der Waals surface area contributed by atoms with E-state index in [1.165, 1.54) is 24.3 Å². The Labute approximate surface area is 120 Å². The van der Waals surface area contributed by atoms with E-state index in [-0.39, 0.29) is 11.3 Å². The molecule has 0 saturated heterocycles. The van der Waals surface area contributed by atoms with Crippen LogP contribution < -0.4 is 10.1 Å². The molecule has 0 aliphatic carbocycles. The normalized spacial score (nSPS) is 12.0. The average molecular weight is 301 g/mol. The van der Waals surface area contributed by atoms with E-state index < -0.39 is 24.4 Å². The van der Waals surface area contributed by atoms with Gasteiger partial charge in [-0.25, -0.2) is 0 Å². The van der Waals surface area contributed by atoms with Gasteiger partial charge in [-0.05, 0) is 31.0 Å². The number of carbonyl (C=O) groups is 2. The molecule has 0 saturated carbocycles. The number of benzene rings is 1. The van der Waals surface area contributed by atoms with Gasteiger partial charge in [-0.15, -0.1) is 0 Å². The van der Waals surface area contributed by atoms with Crippen LogP contribution in [0.3, 0.4) is 0 Å². The summed E-state index contributed by atoms with van der Waals surface area (Å²) in [7, 11) is 0. The molecule has 2 N–H and O–H groups in total. The second-order valence-electron chi connectivity index (χ2n) is 4.54. The van der Waals surface area contributed by atoms with Crippen molar-refractivity contribution in [1.29, 1.82) is 0 Å². The zero-order valence-corrected chi connectivity index (χ0v) is 11.5. The van der Waals surface area contributed by atoms with E-state index in [4.69, 9.17) is 5.11 Å². The van der Waals surface area contributed by atoms with Gasteiger partial charge in [0.25, 0.3) is 5.91 Å². The number of carboxylic acid groups (broad SMARTS) is 1. The molecule has 1 unspecified atom stereocenters. The Balaban J connectivity index is 2.43. The number of amides is 1. The average Bonchev–Trinajstić information content (AvgIpc) is 2.42. The van der Waals surface area contributed by atoms with Crippen molar-refractivity contribution in [3.05, 3.63) is 29.8 Å². The van der Waals surface area contributed by atoms with Crippen LogP contribution in [-0.2, 0) is 4.79 Å². The third-order valence-electron chi connectivity index (χ3n) is 2.84. The highest BCUT2D eigenvalue weighted by Gasteiger charge is 2.11. The summed E-state index contributed by atoms with van der Waals surface area (Å²) in [6, 6.07) is 5.48. The Kier molecular flexibility index (Phi) is 6.58. The Bertz CT molecular complexity index is 494. The Morgan fingerprint density at radius 3 is 2.71 bits per heavy atom. The first-order valence-electron chi connectivity index (χ1n) is 6.46. The second kappa shape index (κ2) is 8.18. The number of hydrogen-bond donors (Lipinski definition) is 2. The molecule has 21 heavy (non-hydrogen) atoms. The van der Waals surface area contributed by atoms with E-state index in [2.05, 4.69) is 10.1 Å². The molecule has 1 aromatic rings. The lowest BCUT2D eigenvalue weighted by molar-refractivity contribution is -0.141. The Hall–Kier alpha value is -2.18. The third-order valence-corrected chi connectivity index (χ3v) is 2.84. The van der Waals surface area contributed by atoms with Crippen molar-refractivity contribution in [2.75, 3.05) is 6.54 Å². The predicted molar refractivity (Wildman–Crippen MR) is 71.4 cm³/mol. The van der Waals surface area contributed by atoms with E-state index in [0.717, 1.165) is 0 Å². The molecule has 7 heteroatoms. The van der Waals surface area contributed by atoms with Crippen molar-refractivity contribution in [1.82, 2.24) is 5.32 Å². The fourth-order valence-corrected chi connectivity index (χ4v) is 1.65. The molecule has 1 aromatic carbocycles. The van der Waals surface area contributed by atoms with E-state index in [1.807, 2.05) is 0 Å². The molecule has 0 aliphatic heterocycles. The number of halogens is 2. The van der Waals surface area contributed by atoms with Gasteiger partial charge < -0.3 is 15.2 Å². The molecule has 1 rings (SSSR count). The lowest BCUT2D eigenvalue weighted by atomic mass is 10.1. The van der Waals surface area contributed by atoms with Crippen molar-refractivity contribution in [3.63, 3.8) is 0 Å². The first-order chi connectivity index (χ1) is 9.90. The summed E-state index contributed by atoms with van der Waals surface area (Å²) in [5, 5.41) is 11.3. The molecule has 0 radical (unpaired) electrons. The van der Waals surface area contributed by atoms with Gasteiger partial charge in [0.05, 0.1) is 5.92 Å².